The van der Waals surface area contributed by atoms with Crippen LogP contribution in [-0.2, 0) is 0 Å². The van der Waals surface area contributed by atoms with E-state index in [1.54, 1.807) is 23.5 Å². The second-order valence-corrected chi connectivity index (χ2v) is 5.41. The lowest BCUT2D eigenvalue weighted by atomic mass is 10.1. The lowest BCUT2D eigenvalue weighted by molar-refractivity contribution is 1.51. The van der Waals surface area contributed by atoms with E-state index >= 15 is 0 Å². The molecule has 0 aliphatic rings. The minimum absolute atomic E-state index is 0.738. The molecule has 0 N–H and O–H groups in total. The average Bonchev–Trinajstić information content (AvgIpc) is 2.27. The van der Waals surface area contributed by atoms with Gasteiger partial charge in [0, 0.05) is 10.0 Å². The van der Waals surface area contributed by atoms with Gasteiger partial charge < -0.3 is 0 Å². The fourth-order valence-corrected chi connectivity index (χ4v) is 3.04. The van der Waals surface area contributed by atoms with Crippen LogP contribution in [0.3, 0.4) is 0 Å². The Bertz CT molecular complexity index is 415. The Hall–Kier alpha value is -0.370. The third-order valence-electron chi connectivity index (χ3n) is 1.83. The molecule has 0 bridgehead atoms. The van der Waals surface area contributed by atoms with Crippen molar-refractivity contribution in [1.82, 2.24) is 0 Å². The number of rotatable bonds is 3. The molecule has 0 saturated carbocycles. The first-order chi connectivity index (χ1) is 7.24. The molecule has 1 aromatic rings. The largest absolute Gasteiger partial charge is 0.192 e. The Balaban J connectivity index is 3.32. The number of hydrogen-bond donors (Lipinski definition) is 0. The third kappa shape index (κ3) is 3.04. The van der Waals surface area contributed by atoms with E-state index in [1.165, 1.54) is 0 Å². The molecule has 0 heterocycles. The minimum Gasteiger partial charge on any atom is -0.192 e. The minimum atomic E-state index is 0.738. The standard InChI is InChI=1S/C11H10BrNS2/c1-14-11(15-2)9(7-13)8-5-3-4-6-10(8)12/h3-6H,1-2H3. The van der Waals surface area contributed by atoms with Crippen LogP contribution in [0, 0.1) is 11.3 Å². The van der Waals surface area contributed by atoms with Gasteiger partial charge in [-0.3, -0.25) is 0 Å². The first-order valence-corrected chi connectivity index (χ1v) is 7.46. The maximum absolute atomic E-state index is 9.18. The van der Waals surface area contributed by atoms with E-state index in [4.69, 9.17) is 0 Å². The molecule has 0 spiro atoms. The summed E-state index contributed by atoms with van der Waals surface area (Å²) in [5, 5.41) is 9.18. The van der Waals surface area contributed by atoms with Crippen molar-refractivity contribution in [3.8, 4) is 6.07 Å². The SMILES string of the molecule is CSC(SC)=C(C#N)c1ccccc1Br. The number of benzene rings is 1. The van der Waals surface area contributed by atoms with Crippen molar-refractivity contribution in [2.24, 2.45) is 0 Å². The summed E-state index contributed by atoms with van der Waals surface area (Å²) in [5.41, 5.74) is 1.70. The highest BCUT2D eigenvalue weighted by Crippen LogP contribution is 2.35. The Morgan fingerprint density at radius 1 is 1.27 bits per heavy atom. The summed E-state index contributed by atoms with van der Waals surface area (Å²) in [6.45, 7) is 0. The molecule has 0 aliphatic heterocycles. The normalized spacial score (nSPS) is 9.47. The van der Waals surface area contributed by atoms with Crippen molar-refractivity contribution >= 4 is 45.0 Å². The molecule has 0 amide bonds. The Morgan fingerprint density at radius 3 is 2.33 bits per heavy atom. The molecule has 0 aliphatic carbocycles. The third-order valence-corrected chi connectivity index (χ3v) is 4.67. The number of halogens is 1. The van der Waals surface area contributed by atoms with Gasteiger partial charge in [-0.15, -0.1) is 23.5 Å². The molecule has 0 fully saturated rings. The molecule has 1 nitrogen and oxygen atoms in total. The van der Waals surface area contributed by atoms with Crippen LogP contribution in [0.1, 0.15) is 5.56 Å². The second kappa shape index (κ2) is 6.26. The van der Waals surface area contributed by atoms with Crippen LogP contribution in [0.2, 0.25) is 0 Å². The number of hydrogen-bond acceptors (Lipinski definition) is 3. The van der Waals surface area contributed by atoms with Crippen molar-refractivity contribution in [2.45, 2.75) is 0 Å². The molecule has 0 aromatic heterocycles. The fraction of sp³-hybridized carbons (Fsp3) is 0.182. The van der Waals surface area contributed by atoms with Gasteiger partial charge in [0.2, 0.25) is 0 Å². The number of nitrogens with zero attached hydrogens (tertiary/aromatic N) is 1. The molecular formula is C11H10BrNS2. The summed E-state index contributed by atoms with van der Waals surface area (Å²) in [6.07, 6.45) is 3.97. The molecule has 1 aromatic carbocycles. The van der Waals surface area contributed by atoms with Crippen LogP contribution in [0.15, 0.2) is 33.0 Å². The van der Waals surface area contributed by atoms with Gasteiger partial charge >= 0.3 is 0 Å². The number of allylic oxidation sites excluding steroid dienone is 1. The van der Waals surface area contributed by atoms with Gasteiger partial charge in [-0.25, -0.2) is 0 Å². The monoisotopic (exact) mass is 299 g/mol. The van der Waals surface area contributed by atoms with Gasteiger partial charge in [0.15, 0.2) is 0 Å². The zero-order chi connectivity index (χ0) is 11.3. The van der Waals surface area contributed by atoms with Gasteiger partial charge in [0.25, 0.3) is 0 Å². The van der Waals surface area contributed by atoms with Crippen LogP contribution in [0.5, 0.6) is 0 Å². The van der Waals surface area contributed by atoms with Crippen molar-refractivity contribution in [2.75, 3.05) is 12.5 Å². The summed E-state index contributed by atoms with van der Waals surface area (Å²) in [6, 6.07) is 10.1. The van der Waals surface area contributed by atoms with Crippen molar-refractivity contribution < 1.29 is 0 Å². The van der Waals surface area contributed by atoms with Gasteiger partial charge in [0.1, 0.15) is 6.07 Å². The molecule has 0 radical (unpaired) electrons. The van der Waals surface area contributed by atoms with E-state index < -0.39 is 0 Å². The summed E-state index contributed by atoms with van der Waals surface area (Å²) in [5.74, 6) is 0. The van der Waals surface area contributed by atoms with Crippen molar-refractivity contribution in [3.05, 3.63) is 38.5 Å². The smallest absolute Gasteiger partial charge is 0.102 e. The maximum atomic E-state index is 9.18. The van der Waals surface area contributed by atoms with E-state index in [1.807, 2.05) is 36.8 Å². The van der Waals surface area contributed by atoms with E-state index in [0.717, 1.165) is 19.8 Å². The predicted molar refractivity (Wildman–Crippen MR) is 73.7 cm³/mol. The molecule has 1 rings (SSSR count). The Kier molecular flexibility index (Phi) is 5.30. The van der Waals surface area contributed by atoms with Crippen LogP contribution >= 0.6 is 39.5 Å². The quantitative estimate of drug-likeness (QED) is 0.775. The highest BCUT2D eigenvalue weighted by molar-refractivity contribution is 9.10. The second-order valence-electron chi connectivity index (χ2n) is 2.66. The number of nitriles is 1. The molecule has 15 heavy (non-hydrogen) atoms. The van der Waals surface area contributed by atoms with Crippen LogP contribution in [0.25, 0.3) is 5.57 Å². The van der Waals surface area contributed by atoms with Crippen LogP contribution in [-0.4, -0.2) is 12.5 Å². The summed E-state index contributed by atoms with van der Waals surface area (Å²) >= 11 is 6.67. The molecule has 78 valence electrons. The fourth-order valence-electron chi connectivity index (χ4n) is 1.17. The molecular weight excluding hydrogens is 290 g/mol. The topological polar surface area (TPSA) is 23.8 Å². The molecule has 0 saturated heterocycles. The first kappa shape index (κ1) is 12.7. The zero-order valence-corrected chi connectivity index (χ0v) is 11.7. The molecule has 0 unspecified atom stereocenters. The van der Waals surface area contributed by atoms with Crippen LogP contribution in [0.4, 0.5) is 0 Å². The van der Waals surface area contributed by atoms with Crippen molar-refractivity contribution in [3.63, 3.8) is 0 Å². The summed E-state index contributed by atoms with van der Waals surface area (Å²) in [7, 11) is 0. The highest BCUT2D eigenvalue weighted by Gasteiger charge is 2.10. The van der Waals surface area contributed by atoms with E-state index in [2.05, 4.69) is 22.0 Å². The summed E-state index contributed by atoms with van der Waals surface area (Å²) < 4.78 is 2.01. The lowest BCUT2D eigenvalue weighted by Gasteiger charge is -2.06. The van der Waals surface area contributed by atoms with Gasteiger partial charge in [-0.2, -0.15) is 5.26 Å². The van der Waals surface area contributed by atoms with E-state index in [0.29, 0.717) is 0 Å². The Morgan fingerprint density at radius 2 is 1.87 bits per heavy atom. The number of thioether (sulfide) groups is 2. The van der Waals surface area contributed by atoms with E-state index in [9.17, 15) is 5.26 Å². The zero-order valence-electron chi connectivity index (χ0n) is 8.45. The van der Waals surface area contributed by atoms with Gasteiger partial charge in [-0.1, -0.05) is 34.1 Å². The molecule has 0 atom stereocenters. The average molecular weight is 300 g/mol. The van der Waals surface area contributed by atoms with Crippen molar-refractivity contribution in [1.29, 1.82) is 5.26 Å². The maximum Gasteiger partial charge on any atom is 0.102 e. The molecule has 4 heteroatoms. The lowest BCUT2D eigenvalue weighted by Crippen LogP contribution is -1.86. The van der Waals surface area contributed by atoms with Gasteiger partial charge in [0.05, 0.1) is 9.81 Å². The van der Waals surface area contributed by atoms with Crippen LogP contribution < -0.4 is 0 Å². The Labute approximate surface area is 107 Å². The van der Waals surface area contributed by atoms with Gasteiger partial charge in [-0.05, 0) is 18.6 Å². The van der Waals surface area contributed by atoms with E-state index in [-0.39, 0.29) is 0 Å². The first-order valence-electron chi connectivity index (χ1n) is 4.21. The summed E-state index contributed by atoms with van der Waals surface area (Å²) in [4.78, 5) is 0. The highest BCUT2D eigenvalue weighted by atomic mass is 79.9. The predicted octanol–water partition coefficient (Wildman–Crippen LogP) is 4.37.